The summed E-state index contributed by atoms with van der Waals surface area (Å²) in [4.78, 5) is 0. The third kappa shape index (κ3) is 3.31. The molecular formula is C15H15F2NO2. The molecule has 2 N–H and O–H groups in total. The van der Waals surface area contributed by atoms with Gasteiger partial charge in [0.1, 0.15) is 5.75 Å². The molecule has 0 unspecified atom stereocenters. The molecule has 2 aromatic carbocycles. The molecule has 3 nitrogen and oxygen atoms in total. The second-order valence-electron chi connectivity index (χ2n) is 4.33. The third-order valence-electron chi connectivity index (χ3n) is 2.74. The highest BCUT2D eigenvalue weighted by molar-refractivity contribution is 5.37. The fraction of sp³-hybridized carbons (Fsp3) is 0.200. The summed E-state index contributed by atoms with van der Waals surface area (Å²) in [5.74, 6) is -1.69. The number of rotatable bonds is 5. The first-order chi connectivity index (χ1) is 9.63. The molecule has 0 heterocycles. The quantitative estimate of drug-likeness (QED) is 0.884. The fourth-order valence-corrected chi connectivity index (χ4v) is 1.84. The van der Waals surface area contributed by atoms with Crippen LogP contribution in [-0.2, 0) is 13.2 Å². The molecule has 0 saturated heterocycles. The summed E-state index contributed by atoms with van der Waals surface area (Å²) in [6, 6.07) is 8.89. The first kappa shape index (κ1) is 14.4. The summed E-state index contributed by atoms with van der Waals surface area (Å²) in [7, 11) is 1.70. The van der Waals surface area contributed by atoms with Crippen molar-refractivity contribution in [1.82, 2.24) is 5.32 Å². The van der Waals surface area contributed by atoms with Gasteiger partial charge in [-0.05, 0) is 42.4 Å². The predicted molar refractivity (Wildman–Crippen MR) is 71.6 cm³/mol. The molecule has 5 heteroatoms. The van der Waals surface area contributed by atoms with Crippen molar-refractivity contribution < 1.29 is 18.6 Å². The van der Waals surface area contributed by atoms with Crippen LogP contribution in [-0.4, -0.2) is 12.2 Å². The lowest BCUT2D eigenvalue weighted by Crippen LogP contribution is -2.06. The Morgan fingerprint density at radius 2 is 1.80 bits per heavy atom. The van der Waals surface area contributed by atoms with Gasteiger partial charge in [-0.15, -0.1) is 0 Å². The van der Waals surface area contributed by atoms with E-state index in [0.717, 1.165) is 0 Å². The molecule has 0 fully saturated rings. The minimum absolute atomic E-state index is 0.163. The number of aliphatic hydroxyl groups excluding tert-OH is 1. The normalized spacial score (nSPS) is 10.6. The van der Waals surface area contributed by atoms with Crippen molar-refractivity contribution in [3.63, 3.8) is 0 Å². The lowest BCUT2D eigenvalue weighted by atomic mass is 10.2. The van der Waals surface area contributed by atoms with E-state index in [2.05, 4.69) is 5.32 Å². The van der Waals surface area contributed by atoms with Gasteiger partial charge < -0.3 is 15.2 Å². The lowest BCUT2D eigenvalue weighted by molar-refractivity contribution is 0.281. The first-order valence-electron chi connectivity index (χ1n) is 6.14. The minimum atomic E-state index is -0.760. The smallest absolute Gasteiger partial charge is 0.198 e. The van der Waals surface area contributed by atoms with Crippen LogP contribution in [0.1, 0.15) is 11.1 Å². The predicted octanol–water partition coefficient (Wildman–Crippen LogP) is 2.97. The zero-order chi connectivity index (χ0) is 14.5. The van der Waals surface area contributed by atoms with E-state index in [9.17, 15) is 8.78 Å². The largest absolute Gasteiger partial charge is 0.451 e. The molecule has 0 aliphatic heterocycles. The Hall–Kier alpha value is -1.98. The topological polar surface area (TPSA) is 41.5 Å². The van der Waals surface area contributed by atoms with Crippen molar-refractivity contribution in [1.29, 1.82) is 0 Å². The molecule has 0 aliphatic rings. The summed E-state index contributed by atoms with van der Waals surface area (Å²) >= 11 is 0. The fourth-order valence-electron chi connectivity index (χ4n) is 1.84. The maximum atomic E-state index is 13.9. The van der Waals surface area contributed by atoms with Gasteiger partial charge >= 0.3 is 0 Å². The molecule has 2 aromatic rings. The second kappa shape index (κ2) is 6.45. The van der Waals surface area contributed by atoms with Gasteiger partial charge in [0.15, 0.2) is 17.4 Å². The van der Waals surface area contributed by atoms with Crippen molar-refractivity contribution in [3.8, 4) is 11.5 Å². The van der Waals surface area contributed by atoms with Gasteiger partial charge in [0.05, 0.1) is 6.61 Å². The van der Waals surface area contributed by atoms with Gasteiger partial charge in [-0.2, -0.15) is 0 Å². The standard InChI is InChI=1S/C15H15F2NO2/c1-18-8-11-6-13(16)15(14(17)7-11)20-12-4-2-3-10(5-12)9-19/h2-7,18-19H,8-9H2,1H3. The maximum absolute atomic E-state index is 13.9. The Balaban J connectivity index is 2.28. The SMILES string of the molecule is CNCc1cc(F)c(Oc2cccc(CO)c2)c(F)c1. The first-order valence-corrected chi connectivity index (χ1v) is 6.14. The lowest BCUT2D eigenvalue weighted by Gasteiger charge is -2.10. The van der Waals surface area contributed by atoms with Gasteiger partial charge in [0.25, 0.3) is 0 Å². The molecule has 0 radical (unpaired) electrons. The Labute approximate surface area is 115 Å². The molecular weight excluding hydrogens is 264 g/mol. The Kier molecular flexibility index (Phi) is 4.65. The highest BCUT2D eigenvalue weighted by Crippen LogP contribution is 2.29. The highest BCUT2D eigenvalue weighted by Gasteiger charge is 2.13. The number of nitrogens with one attached hydrogen (secondary N) is 1. The van der Waals surface area contributed by atoms with E-state index >= 15 is 0 Å². The average Bonchev–Trinajstić information content (AvgIpc) is 2.43. The summed E-state index contributed by atoms with van der Waals surface area (Å²) < 4.78 is 33.0. The Morgan fingerprint density at radius 3 is 2.40 bits per heavy atom. The molecule has 0 saturated carbocycles. The van der Waals surface area contributed by atoms with Crippen molar-refractivity contribution in [2.75, 3.05) is 7.05 Å². The number of ether oxygens (including phenoxy) is 1. The highest BCUT2D eigenvalue weighted by atomic mass is 19.1. The zero-order valence-electron chi connectivity index (χ0n) is 11.0. The molecule has 0 aliphatic carbocycles. The molecule has 106 valence electrons. The van der Waals surface area contributed by atoms with Crippen molar-refractivity contribution >= 4 is 0 Å². The van der Waals surface area contributed by atoms with E-state index in [-0.39, 0.29) is 12.4 Å². The van der Waals surface area contributed by atoms with E-state index in [1.807, 2.05) is 0 Å². The van der Waals surface area contributed by atoms with Crippen LogP contribution in [0.3, 0.4) is 0 Å². The molecule has 20 heavy (non-hydrogen) atoms. The van der Waals surface area contributed by atoms with Crippen LogP contribution in [0.4, 0.5) is 8.78 Å². The zero-order valence-corrected chi connectivity index (χ0v) is 11.0. The van der Waals surface area contributed by atoms with Crippen LogP contribution < -0.4 is 10.1 Å². The van der Waals surface area contributed by atoms with Gasteiger partial charge in [-0.25, -0.2) is 8.78 Å². The maximum Gasteiger partial charge on any atom is 0.198 e. The monoisotopic (exact) mass is 279 g/mol. The Bertz CT molecular complexity index is 579. The van der Waals surface area contributed by atoms with Crippen LogP contribution in [0, 0.1) is 11.6 Å². The summed E-state index contributed by atoms with van der Waals surface area (Å²) in [5.41, 5.74) is 1.11. The van der Waals surface area contributed by atoms with E-state index in [4.69, 9.17) is 9.84 Å². The van der Waals surface area contributed by atoms with Gasteiger partial charge in [-0.1, -0.05) is 12.1 Å². The van der Waals surface area contributed by atoms with E-state index in [0.29, 0.717) is 17.7 Å². The molecule has 2 rings (SSSR count). The molecule has 0 aromatic heterocycles. The number of hydrogen-bond acceptors (Lipinski definition) is 3. The van der Waals surface area contributed by atoms with Crippen molar-refractivity contribution in [2.45, 2.75) is 13.2 Å². The summed E-state index contributed by atoms with van der Waals surface area (Å²) in [5, 5.41) is 11.8. The van der Waals surface area contributed by atoms with Crippen LogP contribution >= 0.6 is 0 Å². The molecule has 0 spiro atoms. The van der Waals surface area contributed by atoms with Crippen LogP contribution in [0.2, 0.25) is 0 Å². The minimum Gasteiger partial charge on any atom is -0.451 e. The van der Waals surface area contributed by atoms with Crippen molar-refractivity contribution in [3.05, 3.63) is 59.2 Å². The number of benzene rings is 2. The summed E-state index contributed by atoms with van der Waals surface area (Å²) in [6.45, 7) is 0.206. The average molecular weight is 279 g/mol. The third-order valence-corrected chi connectivity index (χ3v) is 2.74. The van der Waals surface area contributed by atoms with Crippen LogP contribution in [0.25, 0.3) is 0 Å². The van der Waals surface area contributed by atoms with E-state index in [1.165, 1.54) is 18.2 Å². The summed E-state index contributed by atoms with van der Waals surface area (Å²) in [6.07, 6.45) is 0. The second-order valence-corrected chi connectivity index (χ2v) is 4.33. The van der Waals surface area contributed by atoms with Crippen LogP contribution in [0.5, 0.6) is 11.5 Å². The van der Waals surface area contributed by atoms with Gasteiger partial charge in [-0.3, -0.25) is 0 Å². The van der Waals surface area contributed by atoms with E-state index in [1.54, 1.807) is 25.2 Å². The van der Waals surface area contributed by atoms with Crippen molar-refractivity contribution in [2.24, 2.45) is 0 Å². The van der Waals surface area contributed by atoms with Gasteiger partial charge in [0.2, 0.25) is 0 Å². The van der Waals surface area contributed by atoms with E-state index < -0.39 is 17.4 Å². The molecule has 0 amide bonds. The Morgan fingerprint density at radius 1 is 1.10 bits per heavy atom. The number of hydrogen-bond donors (Lipinski definition) is 2. The number of halogens is 2. The molecule has 0 atom stereocenters. The van der Waals surface area contributed by atoms with Gasteiger partial charge in [0, 0.05) is 6.54 Å². The molecule has 0 bridgehead atoms. The number of aliphatic hydroxyl groups is 1. The van der Waals surface area contributed by atoms with Crippen LogP contribution in [0.15, 0.2) is 36.4 Å².